The number of thioether (sulfide) groups is 1. The van der Waals surface area contributed by atoms with Gasteiger partial charge < -0.3 is 10.6 Å². The fourth-order valence-electron chi connectivity index (χ4n) is 1.91. The molecule has 0 spiro atoms. The lowest BCUT2D eigenvalue weighted by Crippen LogP contribution is -2.15. The normalized spacial score (nSPS) is 11.1. The van der Waals surface area contributed by atoms with E-state index in [4.69, 9.17) is 10.6 Å². The lowest BCUT2D eigenvalue weighted by Gasteiger charge is -2.08. The van der Waals surface area contributed by atoms with E-state index in [9.17, 15) is 0 Å². The molecule has 120 valence electrons. The van der Waals surface area contributed by atoms with Crippen molar-refractivity contribution < 1.29 is 4.74 Å². The van der Waals surface area contributed by atoms with Crippen molar-refractivity contribution in [1.29, 1.82) is 0 Å². The topological polar surface area (TPSA) is 66.0 Å². The molecule has 0 aliphatic carbocycles. The molecule has 0 radical (unpaired) electrons. The van der Waals surface area contributed by atoms with E-state index in [1.54, 1.807) is 11.8 Å². The van der Waals surface area contributed by atoms with Crippen LogP contribution >= 0.6 is 11.8 Å². The number of ether oxygens (including phenoxy) is 1. The Hall–Kier alpha value is -1.69. The van der Waals surface area contributed by atoms with Crippen LogP contribution in [0.2, 0.25) is 0 Å². The maximum Gasteiger partial charge on any atom is 0.209 e. The van der Waals surface area contributed by atoms with Gasteiger partial charge in [-0.05, 0) is 30.0 Å². The molecule has 1 heterocycles. The van der Waals surface area contributed by atoms with E-state index in [2.05, 4.69) is 43.1 Å². The fourth-order valence-corrected chi connectivity index (χ4v) is 2.87. The Labute approximate surface area is 136 Å². The van der Waals surface area contributed by atoms with E-state index in [0.717, 1.165) is 29.5 Å². The molecule has 0 saturated carbocycles. The second kappa shape index (κ2) is 8.08. The standard InChI is InChI=1S/C16H24N4OS/c1-4-5-10-22-16-19-18-15(20(16)17)11-21-14-8-6-13(7-9-14)12(2)3/h6-9,12H,4-5,10-11,17H2,1-3H3. The van der Waals surface area contributed by atoms with Crippen LogP contribution in [0.5, 0.6) is 5.75 Å². The van der Waals surface area contributed by atoms with Crippen LogP contribution in [-0.4, -0.2) is 20.6 Å². The molecule has 2 rings (SSSR count). The highest BCUT2D eigenvalue weighted by Gasteiger charge is 2.10. The Morgan fingerprint density at radius 1 is 1.23 bits per heavy atom. The zero-order valence-electron chi connectivity index (χ0n) is 13.5. The van der Waals surface area contributed by atoms with Gasteiger partial charge in [-0.25, -0.2) is 4.68 Å². The summed E-state index contributed by atoms with van der Waals surface area (Å²) in [6, 6.07) is 8.12. The minimum Gasteiger partial charge on any atom is -0.486 e. The van der Waals surface area contributed by atoms with Gasteiger partial charge in [0.25, 0.3) is 0 Å². The largest absolute Gasteiger partial charge is 0.486 e. The molecular weight excluding hydrogens is 296 g/mol. The first-order valence-electron chi connectivity index (χ1n) is 7.66. The molecule has 0 bridgehead atoms. The molecule has 0 aliphatic rings. The lowest BCUT2D eigenvalue weighted by molar-refractivity contribution is 0.291. The van der Waals surface area contributed by atoms with Crippen LogP contribution in [0.1, 0.15) is 50.9 Å². The summed E-state index contributed by atoms with van der Waals surface area (Å²) < 4.78 is 7.25. The molecule has 22 heavy (non-hydrogen) atoms. The van der Waals surface area contributed by atoms with Crippen molar-refractivity contribution in [3.05, 3.63) is 35.7 Å². The van der Waals surface area contributed by atoms with Crippen molar-refractivity contribution in [2.24, 2.45) is 0 Å². The SMILES string of the molecule is CCCCSc1nnc(COc2ccc(C(C)C)cc2)n1N. The van der Waals surface area contributed by atoms with Gasteiger partial charge in [-0.3, -0.25) is 0 Å². The van der Waals surface area contributed by atoms with Crippen molar-refractivity contribution >= 4 is 11.8 Å². The summed E-state index contributed by atoms with van der Waals surface area (Å²) in [7, 11) is 0. The number of nitrogens with two attached hydrogens (primary N) is 1. The minimum atomic E-state index is 0.318. The van der Waals surface area contributed by atoms with Crippen LogP contribution in [0, 0.1) is 0 Å². The first-order chi connectivity index (χ1) is 10.6. The summed E-state index contributed by atoms with van der Waals surface area (Å²) in [6.07, 6.45) is 2.31. The minimum absolute atomic E-state index is 0.318. The zero-order chi connectivity index (χ0) is 15.9. The highest BCUT2D eigenvalue weighted by Crippen LogP contribution is 2.20. The van der Waals surface area contributed by atoms with Crippen molar-refractivity contribution in [1.82, 2.24) is 14.9 Å². The third-order valence-corrected chi connectivity index (χ3v) is 4.41. The Balaban J connectivity index is 1.91. The molecular formula is C16H24N4OS. The van der Waals surface area contributed by atoms with Crippen LogP contribution in [0.4, 0.5) is 0 Å². The number of nitrogens with zero attached hydrogens (tertiary/aromatic N) is 3. The molecule has 1 aromatic carbocycles. The van der Waals surface area contributed by atoms with Gasteiger partial charge in [0.05, 0.1) is 0 Å². The molecule has 0 amide bonds. The summed E-state index contributed by atoms with van der Waals surface area (Å²) >= 11 is 1.63. The predicted octanol–water partition coefficient (Wildman–Crippen LogP) is 3.59. The second-order valence-corrected chi connectivity index (χ2v) is 6.55. The predicted molar refractivity (Wildman–Crippen MR) is 90.7 cm³/mol. The highest BCUT2D eigenvalue weighted by molar-refractivity contribution is 7.99. The highest BCUT2D eigenvalue weighted by atomic mass is 32.2. The average molecular weight is 320 g/mol. The maximum absolute atomic E-state index is 6.00. The van der Waals surface area contributed by atoms with Crippen molar-refractivity contribution in [3.8, 4) is 5.75 Å². The number of benzene rings is 1. The number of unbranched alkanes of at least 4 members (excludes halogenated alkanes) is 1. The van der Waals surface area contributed by atoms with Crippen molar-refractivity contribution in [2.75, 3.05) is 11.6 Å². The fraction of sp³-hybridized carbons (Fsp3) is 0.500. The molecule has 6 heteroatoms. The van der Waals surface area contributed by atoms with Gasteiger partial charge in [-0.15, -0.1) is 10.2 Å². The summed E-state index contributed by atoms with van der Waals surface area (Å²) in [4.78, 5) is 0. The van der Waals surface area contributed by atoms with Crippen LogP contribution < -0.4 is 10.6 Å². The Kier molecular flexibility index (Phi) is 6.12. The first kappa shape index (κ1) is 16.7. The Morgan fingerprint density at radius 2 is 1.95 bits per heavy atom. The van der Waals surface area contributed by atoms with Crippen molar-refractivity contribution in [2.45, 2.75) is 51.3 Å². The third kappa shape index (κ3) is 4.40. The average Bonchev–Trinajstić information content (AvgIpc) is 2.86. The summed E-state index contributed by atoms with van der Waals surface area (Å²) in [5.41, 5.74) is 1.30. The van der Waals surface area contributed by atoms with Crippen LogP contribution in [0.3, 0.4) is 0 Å². The van der Waals surface area contributed by atoms with Gasteiger partial charge in [-0.1, -0.05) is 51.1 Å². The van der Waals surface area contributed by atoms with E-state index >= 15 is 0 Å². The summed E-state index contributed by atoms with van der Waals surface area (Å²) in [6.45, 7) is 6.82. The third-order valence-electron chi connectivity index (χ3n) is 3.38. The Morgan fingerprint density at radius 3 is 2.59 bits per heavy atom. The summed E-state index contributed by atoms with van der Waals surface area (Å²) in [5, 5.41) is 8.94. The molecule has 0 unspecified atom stereocenters. The number of hydrogen-bond donors (Lipinski definition) is 1. The number of aromatic nitrogens is 3. The van der Waals surface area contributed by atoms with Crippen molar-refractivity contribution in [3.63, 3.8) is 0 Å². The van der Waals surface area contributed by atoms with Gasteiger partial charge in [0.15, 0.2) is 5.82 Å². The van der Waals surface area contributed by atoms with E-state index in [0.29, 0.717) is 18.3 Å². The molecule has 0 atom stereocenters. The van der Waals surface area contributed by atoms with Crippen LogP contribution in [0.25, 0.3) is 0 Å². The Bertz CT molecular complexity index is 580. The van der Waals surface area contributed by atoms with Gasteiger partial charge in [0, 0.05) is 5.75 Å². The maximum atomic E-state index is 6.00. The van der Waals surface area contributed by atoms with E-state index in [1.165, 1.54) is 10.2 Å². The van der Waals surface area contributed by atoms with Crippen LogP contribution in [0.15, 0.2) is 29.4 Å². The molecule has 5 nitrogen and oxygen atoms in total. The van der Waals surface area contributed by atoms with E-state index in [-0.39, 0.29) is 0 Å². The number of rotatable bonds is 8. The van der Waals surface area contributed by atoms with Crippen LogP contribution in [-0.2, 0) is 6.61 Å². The monoisotopic (exact) mass is 320 g/mol. The smallest absolute Gasteiger partial charge is 0.209 e. The summed E-state index contributed by atoms with van der Waals surface area (Å²) in [5.74, 6) is 8.97. The number of hydrogen-bond acceptors (Lipinski definition) is 5. The lowest BCUT2D eigenvalue weighted by atomic mass is 10.0. The molecule has 2 N–H and O–H groups in total. The second-order valence-electron chi connectivity index (χ2n) is 5.48. The van der Waals surface area contributed by atoms with Gasteiger partial charge in [-0.2, -0.15) is 0 Å². The molecule has 0 saturated heterocycles. The van der Waals surface area contributed by atoms with Gasteiger partial charge in [0.2, 0.25) is 5.16 Å². The molecule has 1 aromatic heterocycles. The molecule has 0 fully saturated rings. The molecule has 2 aromatic rings. The molecule has 0 aliphatic heterocycles. The zero-order valence-corrected chi connectivity index (χ0v) is 14.3. The van der Waals surface area contributed by atoms with E-state index < -0.39 is 0 Å². The van der Waals surface area contributed by atoms with Gasteiger partial charge >= 0.3 is 0 Å². The number of nitrogen functional groups attached to an aromatic ring is 1. The van der Waals surface area contributed by atoms with E-state index in [1.807, 2.05) is 12.1 Å². The van der Waals surface area contributed by atoms with Gasteiger partial charge in [0.1, 0.15) is 12.4 Å². The first-order valence-corrected chi connectivity index (χ1v) is 8.65. The quantitative estimate of drug-likeness (QED) is 0.457.